The lowest BCUT2D eigenvalue weighted by atomic mass is 10.1. The smallest absolute Gasteiger partial charge is 0.264 e. The van der Waals surface area contributed by atoms with Crippen LogP contribution in [0.5, 0.6) is 0 Å². The first-order chi connectivity index (χ1) is 8.86. The van der Waals surface area contributed by atoms with Crippen LogP contribution in [0.25, 0.3) is 0 Å². The summed E-state index contributed by atoms with van der Waals surface area (Å²) in [5, 5.41) is 20.2. The second kappa shape index (κ2) is 6.44. The van der Waals surface area contributed by atoms with E-state index in [2.05, 4.69) is 15.3 Å². The van der Waals surface area contributed by atoms with E-state index in [1.165, 1.54) is 0 Å². The second-order valence-electron chi connectivity index (χ2n) is 4.61. The molecule has 0 aromatic carbocycles. The first-order valence-electron chi connectivity index (χ1n) is 6.04. The molecule has 0 aliphatic rings. The van der Waals surface area contributed by atoms with Crippen molar-refractivity contribution in [1.29, 1.82) is 0 Å². The number of aliphatic hydroxyl groups excluding tert-OH is 2. The van der Waals surface area contributed by atoms with Crippen molar-refractivity contribution in [3.8, 4) is 0 Å². The normalized spacial score (nSPS) is 12.5. The van der Waals surface area contributed by atoms with Gasteiger partial charge in [-0.15, -0.1) is 0 Å². The molecule has 0 saturated carbocycles. The topological polar surface area (TPSA) is 115 Å². The van der Waals surface area contributed by atoms with Gasteiger partial charge in [0.15, 0.2) is 0 Å². The van der Waals surface area contributed by atoms with Crippen molar-refractivity contribution in [2.24, 2.45) is 0 Å². The quantitative estimate of drug-likeness (QED) is 0.563. The van der Waals surface area contributed by atoms with Gasteiger partial charge >= 0.3 is 0 Å². The zero-order valence-electron chi connectivity index (χ0n) is 11.2. The Balaban J connectivity index is 2.95. The van der Waals surface area contributed by atoms with Gasteiger partial charge in [-0.05, 0) is 6.92 Å². The highest BCUT2D eigenvalue weighted by atomic mass is 16.3. The number of nitrogens with zero attached hydrogens (tertiary/aromatic N) is 1. The molecule has 0 aliphatic carbocycles. The zero-order valence-corrected chi connectivity index (χ0v) is 11.2. The van der Waals surface area contributed by atoms with E-state index in [-0.39, 0.29) is 18.0 Å². The van der Waals surface area contributed by atoms with E-state index in [4.69, 9.17) is 10.2 Å². The van der Waals surface area contributed by atoms with Crippen LogP contribution in [-0.2, 0) is 0 Å². The SMILES string of the molecule is Cc1nc(C(C)C)[nH]c(=O)c1C(=O)NCC(O)CO. The molecule has 4 N–H and O–H groups in total. The van der Waals surface area contributed by atoms with E-state index in [0.717, 1.165) is 0 Å². The highest BCUT2D eigenvalue weighted by Crippen LogP contribution is 2.08. The molecule has 106 valence electrons. The first kappa shape index (κ1) is 15.3. The Morgan fingerprint density at radius 1 is 1.47 bits per heavy atom. The van der Waals surface area contributed by atoms with E-state index >= 15 is 0 Å². The van der Waals surface area contributed by atoms with Gasteiger partial charge in [0.1, 0.15) is 11.4 Å². The van der Waals surface area contributed by atoms with Crippen molar-refractivity contribution in [3.63, 3.8) is 0 Å². The average molecular weight is 269 g/mol. The van der Waals surface area contributed by atoms with Crippen molar-refractivity contribution in [2.45, 2.75) is 32.8 Å². The van der Waals surface area contributed by atoms with Crippen LogP contribution in [0.15, 0.2) is 4.79 Å². The van der Waals surface area contributed by atoms with Crippen molar-refractivity contribution >= 4 is 5.91 Å². The van der Waals surface area contributed by atoms with Gasteiger partial charge in [0.2, 0.25) is 0 Å². The lowest BCUT2D eigenvalue weighted by Crippen LogP contribution is -2.37. The van der Waals surface area contributed by atoms with Gasteiger partial charge in [0.05, 0.1) is 18.4 Å². The number of hydrogen-bond donors (Lipinski definition) is 4. The van der Waals surface area contributed by atoms with Crippen molar-refractivity contribution < 1.29 is 15.0 Å². The van der Waals surface area contributed by atoms with Gasteiger partial charge in [-0.25, -0.2) is 4.98 Å². The number of nitrogens with one attached hydrogen (secondary N) is 2. The zero-order chi connectivity index (χ0) is 14.6. The summed E-state index contributed by atoms with van der Waals surface area (Å²) >= 11 is 0. The summed E-state index contributed by atoms with van der Waals surface area (Å²) in [6.45, 7) is 4.77. The van der Waals surface area contributed by atoms with Crippen LogP contribution in [0.1, 0.15) is 41.6 Å². The molecule has 0 saturated heterocycles. The van der Waals surface area contributed by atoms with E-state index in [1.54, 1.807) is 6.92 Å². The second-order valence-corrected chi connectivity index (χ2v) is 4.61. The molecule has 0 bridgehead atoms. The van der Waals surface area contributed by atoms with Gasteiger partial charge in [-0.1, -0.05) is 13.8 Å². The fourth-order valence-corrected chi connectivity index (χ4v) is 1.51. The molecule has 1 atom stereocenters. The van der Waals surface area contributed by atoms with E-state index < -0.39 is 24.2 Å². The van der Waals surface area contributed by atoms with Crippen molar-refractivity contribution in [2.75, 3.05) is 13.2 Å². The number of amides is 1. The third-order valence-corrected chi connectivity index (χ3v) is 2.60. The first-order valence-corrected chi connectivity index (χ1v) is 6.04. The molecule has 0 fully saturated rings. The van der Waals surface area contributed by atoms with Gasteiger partial charge < -0.3 is 20.5 Å². The Morgan fingerprint density at radius 2 is 2.11 bits per heavy atom. The number of H-pyrrole nitrogens is 1. The molecule has 19 heavy (non-hydrogen) atoms. The standard InChI is InChI=1S/C12H19N3O4/c1-6(2)10-14-7(3)9(12(19)15-10)11(18)13-4-8(17)5-16/h6,8,16-17H,4-5H2,1-3H3,(H,13,18)(H,14,15,19). The largest absolute Gasteiger partial charge is 0.394 e. The van der Waals surface area contributed by atoms with Gasteiger partial charge in [0.25, 0.3) is 11.5 Å². The maximum Gasteiger partial charge on any atom is 0.264 e. The average Bonchev–Trinajstić information content (AvgIpc) is 2.34. The van der Waals surface area contributed by atoms with Crippen LogP contribution in [0.3, 0.4) is 0 Å². The minimum atomic E-state index is -1.05. The molecule has 1 heterocycles. The number of carbonyl (C=O) groups is 1. The third-order valence-electron chi connectivity index (χ3n) is 2.60. The Labute approximate surface area is 110 Å². The number of rotatable bonds is 5. The molecule has 1 aromatic heterocycles. The van der Waals surface area contributed by atoms with Crippen LogP contribution in [0.4, 0.5) is 0 Å². The maximum absolute atomic E-state index is 11.9. The minimum absolute atomic E-state index is 0.0553. The number of aromatic amines is 1. The van der Waals surface area contributed by atoms with Crippen molar-refractivity contribution in [1.82, 2.24) is 15.3 Å². The Bertz CT molecular complexity index is 510. The lowest BCUT2D eigenvalue weighted by Gasteiger charge is -2.11. The molecule has 0 radical (unpaired) electrons. The Morgan fingerprint density at radius 3 is 2.58 bits per heavy atom. The molecule has 7 heteroatoms. The summed E-state index contributed by atoms with van der Waals surface area (Å²) < 4.78 is 0. The number of aromatic nitrogens is 2. The maximum atomic E-state index is 11.9. The van der Waals surface area contributed by atoms with Gasteiger partial charge in [-0.2, -0.15) is 0 Å². The minimum Gasteiger partial charge on any atom is -0.394 e. The summed E-state index contributed by atoms with van der Waals surface area (Å²) in [5.41, 5.74) is -0.245. The summed E-state index contributed by atoms with van der Waals surface area (Å²) in [7, 11) is 0. The van der Waals surface area contributed by atoms with E-state index in [1.807, 2.05) is 13.8 Å². The molecular formula is C12H19N3O4. The summed E-state index contributed by atoms with van der Waals surface area (Å²) in [5.74, 6) is -0.0387. The molecule has 1 unspecified atom stereocenters. The number of aryl methyl sites for hydroxylation is 1. The summed E-state index contributed by atoms with van der Waals surface area (Å²) in [4.78, 5) is 30.4. The number of carbonyl (C=O) groups excluding carboxylic acids is 1. The van der Waals surface area contributed by atoms with Crippen LogP contribution in [0.2, 0.25) is 0 Å². The highest BCUT2D eigenvalue weighted by molar-refractivity contribution is 5.94. The molecule has 1 aromatic rings. The van der Waals surface area contributed by atoms with Crippen LogP contribution in [-0.4, -0.2) is 45.3 Å². The summed E-state index contributed by atoms with van der Waals surface area (Å²) in [6.07, 6.45) is -1.05. The molecule has 0 spiro atoms. The number of aliphatic hydroxyl groups is 2. The van der Waals surface area contributed by atoms with Gasteiger partial charge in [-0.3, -0.25) is 9.59 Å². The molecule has 7 nitrogen and oxygen atoms in total. The van der Waals surface area contributed by atoms with Crippen molar-refractivity contribution in [3.05, 3.63) is 27.4 Å². The van der Waals surface area contributed by atoms with Crippen LogP contribution < -0.4 is 10.9 Å². The molecule has 1 rings (SSSR count). The van der Waals surface area contributed by atoms with E-state index in [9.17, 15) is 9.59 Å². The third kappa shape index (κ3) is 3.87. The Hall–Kier alpha value is -1.73. The fourth-order valence-electron chi connectivity index (χ4n) is 1.51. The fraction of sp³-hybridized carbons (Fsp3) is 0.583. The molecule has 0 aliphatic heterocycles. The van der Waals surface area contributed by atoms with Crippen LogP contribution in [0, 0.1) is 6.92 Å². The predicted octanol–water partition coefficient (Wildman–Crippen LogP) is -0.715. The monoisotopic (exact) mass is 269 g/mol. The molecule has 1 amide bonds. The lowest BCUT2D eigenvalue weighted by molar-refractivity contribution is 0.0800. The molecular weight excluding hydrogens is 250 g/mol. The van der Waals surface area contributed by atoms with Crippen LogP contribution >= 0.6 is 0 Å². The number of hydrogen-bond acceptors (Lipinski definition) is 5. The summed E-state index contributed by atoms with van der Waals surface area (Å²) in [6, 6.07) is 0. The van der Waals surface area contributed by atoms with Gasteiger partial charge in [0, 0.05) is 12.5 Å². The predicted molar refractivity (Wildman–Crippen MR) is 69.1 cm³/mol. The van der Waals surface area contributed by atoms with E-state index in [0.29, 0.717) is 11.5 Å². The Kier molecular flexibility index (Phi) is 5.20. The highest BCUT2D eigenvalue weighted by Gasteiger charge is 2.17.